The number of benzene rings is 1. The average Bonchev–Trinajstić information content (AvgIpc) is 2.70. The summed E-state index contributed by atoms with van der Waals surface area (Å²) in [7, 11) is 1.62. The van der Waals surface area contributed by atoms with Crippen LogP contribution in [0.5, 0.6) is 0 Å². The minimum atomic E-state index is -4.41. The van der Waals surface area contributed by atoms with Gasteiger partial charge in [-0.25, -0.2) is 9.97 Å². The van der Waals surface area contributed by atoms with Gasteiger partial charge in [0.1, 0.15) is 0 Å². The first kappa shape index (κ1) is 14.8. The van der Waals surface area contributed by atoms with E-state index in [1.807, 2.05) is 0 Å². The zero-order valence-electron chi connectivity index (χ0n) is 11.7. The van der Waals surface area contributed by atoms with Gasteiger partial charge in [-0.3, -0.25) is 0 Å². The highest BCUT2D eigenvalue weighted by atomic mass is 35.5. The van der Waals surface area contributed by atoms with E-state index in [0.29, 0.717) is 16.8 Å². The normalized spacial score (nSPS) is 12.1. The molecule has 0 radical (unpaired) electrons. The van der Waals surface area contributed by atoms with Crippen LogP contribution in [0, 0.1) is 6.92 Å². The summed E-state index contributed by atoms with van der Waals surface area (Å²) in [6, 6.07) is 6.48. The van der Waals surface area contributed by atoms with Crippen molar-refractivity contribution in [3.63, 3.8) is 0 Å². The molecule has 2 heterocycles. The van der Waals surface area contributed by atoms with E-state index in [9.17, 15) is 13.2 Å². The Labute approximate surface area is 129 Å². The number of hydrogen-bond acceptors (Lipinski definition) is 2. The molecule has 3 nitrogen and oxygen atoms in total. The Morgan fingerprint density at radius 1 is 1.18 bits per heavy atom. The van der Waals surface area contributed by atoms with Crippen molar-refractivity contribution in [2.45, 2.75) is 13.1 Å². The molecule has 1 aromatic carbocycles. The molecule has 0 saturated heterocycles. The molecule has 2 aromatic heterocycles. The van der Waals surface area contributed by atoms with Gasteiger partial charge in [0.15, 0.2) is 0 Å². The summed E-state index contributed by atoms with van der Waals surface area (Å²) in [5.41, 5.74) is 1.13. The number of aromatic nitrogens is 3. The molecule has 7 heteroatoms. The Hall–Kier alpha value is -2.08. The molecule has 0 N–H and O–H groups in total. The van der Waals surface area contributed by atoms with Crippen molar-refractivity contribution in [2.24, 2.45) is 7.05 Å². The van der Waals surface area contributed by atoms with Gasteiger partial charge in [0.2, 0.25) is 5.28 Å². The lowest BCUT2D eigenvalue weighted by Gasteiger charge is -2.07. The predicted octanol–water partition coefficient (Wildman–Crippen LogP) is 4.62. The van der Waals surface area contributed by atoms with Crippen LogP contribution in [0.4, 0.5) is 13.2 Å². The summed E-state index contributed by atoms with van der Waals surface area (Å²) in [5.74, 6) is 0. The topological polar surface area (TPSA) is 30.7 Å². The number of nitrogens with zero attached hydrogens (tertiary/aromatic N) is 3. The lowest BCUT2D eigenvalue weighted by atomic mass is 10.1. The van der Waals surface area contributed by atoms with Gasteiger partial charge < -0.3 is 4.57 Å². The number of alkyl halides is 3. The van der Waals surface area contributed by atoms with E-state index >= 15 is 0 Å². The van der Waals surface area contributed by atoms with Crippen LogP contribution < -0.4 is 0 Å². The van der Waals surface area contributed by atoms with Gasteiger partial charge in [0.05, 0.1) is 11.3 Å². The fourth-order valence-electron chi connectivity index (χ4n) is 2.58. The molecule has 0 spiro atoms. The molecule has 0 saturated carbocycles. The lowest BCUT2D eigenvalue weighted by Crippen LogP contribution is -2.07. The fourth-order valence-corrected chi connectivity index (χ4v) is 2.73. The first-order valence-corrected chi connectivity index (χ1v) is 6.82. The Kier molecular flexibility index (Phi) is 3.36. The SMILES string of the molecule is Cc1c(C(F)(F)F)c2cc(-c3ccnc(Cl)n3)ccc2n1C. The van der Waals surface area contributed by atoms with Crippen molar-refractivity contribution in [3.05, 3.63) is 47.0 Å². The van der Waals surface area contributed by atoms with Gasteiger partial charge in [-0.2, -0.15) is 13.2 Å². The maximum absolute atomic E-state index is 13.3. The van der Waals surface area contributed by atoms with Crippen molar-refractivity contribution < 1.29 is 13.2 Å². The minimum Gasteiger partial charge on any atom is -0.347 e. The highest BCUT2D eigenvalue weighted by molar-refractivity contribution is 6.28. The summed E-state index contributed by atoms with van der Waals surface area (Å²) in [4.78, 5) is 7.81. The van der Waals surface area contributed by atoms with E-state index in [2.05, 4.69) is 9.97 Å². The van der Waals surface area contributed by atoms with Crippen LogP contribution >= 0.6 is 11.6 Å². The lowest BCUT2D eigenvalue weighted by molar-refractivity contribution is -0.136. The number of hydrogen-bond donors (Lipinski definition) is 0. The maximum Gasteiger partial charge on any atom is 0.418 e. The zero-order chi connectivity index (χ0) is 16.1. The minimum absolute atomic E-state index is 0.0536. The molecule has 3 aromatic rings. The van der Waals surface area contributed by atoms with Crippen molar-refractivity contribution >= 4 is 22.5 Å². The molecule has 0 fully saturated rings. The third-order valence-corrected chi connectivity index (χ3v) is 3.88. The van der Waals surface area contributed by atoms with Crippen molar-refractivity contribution in [3.8, 4) is 11.3 Å². The highest BCUT2D eigenvalue weighted by Gasteiger charge is 2.36. The monoisotopic (exact) mass is 325 g/mol. The average molecular weight is 326 g/mol. The maximum atomic E-state index is 13.3. The quantitative estimate of drug-likeness (QED) is 0.611. The number of rotatable bonds is 1. The van der Waals surface area contributed by atoms with E-state index in [1.54, 1.807) is 25.2 Å². The predicted molar refractivity (Wildman–Crippen MR) is 78.7 cm³/mol. The van der Waals surface area contributed by atoms with Crippen molar-refractivity contribution in [1.29, 1.82) is 0 Å². The van der Waals surface area contributed by atoms with Crippen LogP contribution in [-0.4, -0.2) is 14.5 Å². The first-order chi connectivity index (χ1) is 10.3. The molecular formula is C15H11ClF3N3. The molecule has 0 atom stereocenters. The van der Waals surface area contributed by atoms with Crippen LogP contribution in [0.2, 0.25) is 5.28 Å². The van der Waals surface area contributed by atoms with Crippen molar-refractivity contribution in [1.82, 2.24) is 14.5 Å². The molecule has 0 amide bonds. The first-order valence-electron chi connectivity index (χ1n) is 6.44. The van der Waals surface area contributed by atoms with E-state index < -0.39 is 11.7 Å². The van der Waals surface area contributed by atoms with Gasteiger partial charge in [-0.05, 0) is 36.7 Å². The van der Waals surface area contributed by atoms with E-state index in [0.717, 1.165) is 0 Å². The second-order valence-electron chi connectivity index (χ2n) is 4.96. The zero-order valence-corrected chi connectivity index (χ0v) is 12.5. The van der Waals surface area contributed by atoms with E-state index in [-0.39, 0.29) is 16.4 Å². The van der Waals surface area contributed by atoms with Crippen LogP contribution in [0.15, 0.2) is 30.5 Å². The summed E-state index contributed by atoms with van der Waals surface area (Å²) in [6.07, 6.45) is -2.94. The van der Waals surface area contributed by atoms with Crippen LogP contribution in [0.1, 0.15) is 11.3 Å². The molecule has 0 unspecified atom stereocenters. The molecule has 22 heavy (non-hydrogen) atoms. The number of aryl methyl sites for hydroxylation is 1. The van der Waals surface area contributed by atoms with Crippen LogP contribution in [0.25, 0.3) is 22.2 Å². The molecular weight excluding hydrogens is 315 g/mol. The number of fused-ring (bicyclic) bond motifs is 1. The standard InChI is InChI=1S/C15H11ClF3N3/c1-8-13(15(17,18)19)10-7-9(3-4-12(10)22(8)2)11-5-6-20-14(16)21-11/h3-7H,1-2H3. The third-order valence-electron chi connectivity index (χ3n) is 3.70. The summed E-state index contributed by atoms with van der Waals surface area (Å²) >= 11 is 5.74. The second-order valence-corrected chi connectivity index (χ2v) is 5.30. The van der Waals surface area contributed by atoms with Gasteiger partial charge in [0, 0.05) is 35.4 Å². The Bertz CT molecular complexity index is 868. The molecule has 3 rings (SSSR count). The largest absolute Gasteiger partial charge is 0.418 e. The smallest absolute Gasteiger partial charge is 0.347 e. The van der Waals surface area contributed by atoms with E-state index in [1.165, 1.54) is 23.8 Å². The van der Waals surface area contributed by atoms with Gasteiger partial charge >= 0.3 is 6.18 Å². The van der Waals surface area contributed by atoms with E-state index in [4.69, 9.17) is 11.6 Å². The Balaban J connectivity index is 2.30. The van der Waals surface area contributed by atoms with Crippen LogP contribution in [-0.2, 0) is 13.2 Å². The van der Waals surface area contributed by atoms with Gasteiger partial charge in [0.25, 0.3) is 0 Å². The summed E-state index contributed by atoms with van der Waals surface area (Å²) in [5, 5.41) is 0.206. The molecule has 0 aliphatic heterocycles. The number of halogens is 4. The summed E-state index contributed by atoms with van der Waals surface area (Å²) < 4.78 is 41.5. The molecule has 114 valence electrons. The van der Waals surface area contributed by atoms with Crippen LogP contribution in [0.3, 0.4) is 0 Å². The fraction of sp³-hybridized carbons (Fsp3) is 0.200. The molecule has 0 aliphatic carbocycles. The second kappa shape index (κ2) is 4.98. The molecule has 0 bridgehead atoms. The highest BCUT2D eigenvalue weighted by Crippen LogP contribution is 2.39. The van der Waals surface area contributed by atoms with Crippen molar-refractivity contribution in [2.75, 3.05) is 0 Å². The third kappa shape index (κ3) is 2.33. The Morgan fingerprint density at radius 3 is 2.55 bits per heavy atom. The summed E-state index contributed by atoms with van der Waals surface area (Å²) in [6.45, 7) is 1.46. The molecule has 0 aliphatic rings. The van der Waals surface area contributed by atoms with Gasteiger partial charge in [-0.15, -0.1) is 0 Å². The Morgan fingerprint density at radius 2 is 1.91 bits per heavy atom. The van der Waals surface area contributed by atoms with Gasteiger partial charge in [-0.1, -0.05) is 6.07 Å².